The van der Waals surface area contributed by atoms with E-state index in [0.717, 1.165) is 29.1 Å². The summed E-state index contributed by atoms with van der Waals surface area (Å²) >= 11 is 0. The number of nitrogens with one attached hydrogen (secondary N) is 2. The molecule has 2 aromatic heterocycles. The highest BCUT2D eigenvalue weighted by Gasteiger charge is 2.20. The average Bonchev–Trinajstić information content (AvgIpc) is 3.05. The largest absolute Gasteiger partial charge is 0.503 e. The van der Waals surface area contributed by atoms with Crippen LogP contribution in [-0.2, 0) is 6.42 Å². The van der Waals surface area contributed by atoms with Crippen molar-refractivity contribution in [3.8, 4) is 28.3 Å². The van der Waals surface area contributed by atoms with E-state index in [1.807, 2.05) is 0 Å². The molecule has 25 heavy (non-hydrogen) atoms. The summed E-state index contributed by atoms with van der Waals surface area (Å²) in [4.78, 5) is 19.2. The quantitative estimate of drug-likeness (QED) is 0.670. The van der Waals surface area contributed by atoms with Gasteiger partial charge in [-0.15, -0.1) is 0 Å². The van der Waals surface area contributed by atoms with Crippen LogP contribution in [0, 0.1) is 11.6 Å². The molecule has 1 aliphatic heterocycles. The molecule has 126 valence electrons. The zero-order valence-corrected chi connectivity index (χ0v) is 12.9. The molecule has 3 N–H and O–H groups in total. The number of nitrogens with zero attached hydrogens (tertiary/aromatic N) is 1. The zero-order valence-electron chi connectivity index (χ0n) is 12.9. The van der Waals surface area contributed by atoms with Gasteiger partial charge in [-0.3, -0.25) is 9.78 Å². The number of pyridine rings is 1. The maximum atomic E-state index is 13.6. The van der Waals surface area contributed by atoms with Gasteiger partial charge in [0.05, 0.1) is 11.3 Å². The van der Waals surface area contributed by atoms with Crippen molar-refractivity contribution in [2.75, 3.05) is 6.54 Å². The minimum Gasteiger partial charge on any atom is -0.503 e. The summed E-state index contributed by atoms with van der Waals surface area (Å²) in [5, 5.41) is 12.0. The average molecular weight is 341 g/mol. The molecule has 0 atom stereocenters. The Morgan fingerprint density at radius 2 is 1.84 bits per heavy atom. The number of carbonyl (C=O) groups excluding carboxylic acids is 1. The smallest absolute Gasteiger partial charge is 0.253 e. The molecule has 1 aromatic carbocycles. The molecule has 3 heterocycles. The monoisotopic (exact) mass is 341 g/mol. The maximum absolute atomic E-state index is 13.6. The molecule has 0 saturated carbocycles. The predicted molar refractivity (Wildman–Crippen MR) is 87.1 cm³/mol. The fourth-order valence-corrected chi connectivity index (χ4v) is 2.92. The number of H-pyrrole nitrogens is 1. The number of aromatic nitrogens is 2. The van der Waals surface area contributed by atoms with Gasteiger partial charge in [-0.1, -0.05) is 0 Å². The second-order valence-electron chi connectivity index (χ2n) is 5.80. The third kappa shape index (κ3) is 2.63. The summed E-state index contributed by atoms with van der Waals surface area (Å²) < 4.78 is 27.2. The highest BCUT2D eigenvalue weighted by molar-refractivity contribution is 5.97. The van der Waals surface area contributed by atoms with Crippen molar-refractivity contribution in [2.24, 2.45) is 0 Å². The number of amides is 1. The van der Waals surface area contributed by atoms with Crippen molar-refractivity contribution in [3.05, 3.63) is 59.4 Å². The number of phenolic OH excluding ortho intramolecular Hbond substituents is 1. The Bertz CT molecular complexity index is 975. The van der Waals surface area contributed by atoms with Crippen LogP contribution in [0.4, 0.5) is 8.78 Å². The van der Waals surface area contributed by atoms with Crippen molar-refractivity contribution >= 4 is 5.91 Å². The normalized spacial score (nSPS) is 13.4. The van der Waals surface area contributed by atoms with Crippen LogP contribution < -0.4 is 5.32 Å². The lowest BCUT2D eigenvalue weighted by atomic mass is 10.1. The lowest BCUT2D eigenvalue weighted by Gasteiger charge is -2.11. The molecule has 0 bridgehead atoms. The molecule has 1 aliphatic rings. The lowest BCUT2D eigenvalue weighted by molar-refractivity contribution is 0.0946. The molecule has 7 heteroatoms. The van der Waals surface area contributed by atoms with Gasteiger partial charge in [-0.2, -0.15) is 0 Å². The molecule has 5 nitrogen and oxygen atoms in total. The Hall–Kier alpha value is -3.22. The zero-order chi connectivity index (χ0) is 17.6. The number of hydrogen-bond acceptors (Lipinski definition) is 3. The fraction of sp³-hybridized carbons (Fsp3) is 0.111. The number of phenols is 1. The van der Waals surface area contributed by atoms with Crippen molar-refractivity contribution in [1.82, 2.24) is 15.3 Å². The van der Waals surface area contributed by atoms with Gasteiger partial charge >= 0.3 is 0 Å². The van der Waals surface area contributed by atoms with E-state index in [2.05, 4.69) is 15.3 Å². The van der Waals surface area contributed by atoms with E-state index in [9.17, 15) is 18.7 Å². The third-order valence-electron chi connectivity index (χ3n) is 4.19. The molecule has 4 rings (SSSR count). The van der Waals surface area contributed by atoms with E-state index in [1.54, 1.807) is 18.2 Å². The van der Waals surface area contributed by atoms with Crippen LogP contribution in [0.15, 0.2) is 36.5 Å². The van der Waals surface area contributed by atoms with Gasteiger partial charge in [0.1, 0.15) is 0 Å². The van der Waals surface area contributed by atoms with Crippen molar-refractivity contribution in [2.45, 2.75) is 6.42 Å². The summed E-state index contributed by atoms with van der Waals surface area (Å²) in [7, 11) is 0. The number of hydrogen-bond donors (Lipinski definition) is 3. The lowest BCUT2D eigenvalue weighted by Crippen LogP contribution is -2.31. The Labute approximate surface area is 141 Å². The van der Waals surface area contributed by atoms with Crippen LogP contribution in [0.2, 0.25) is 0 Å². The number of aromatic amines is 1. The Kier molecular flexibility index (Phi) is 3.49. The van der Waals surface area contributed by atoms with Crippen LogP contribution in [0.3, 0.4) is 0 Å². The van der Waals surface area contributed by atoms with Crippen LogP contribution in [-0.4, -0.2) is 27.5 Å². The predicted octanol–water partition coefficient (Wildman–Crippen LogP) is 3.01. The number of aromatic hydroxyl groups is 1. The summed E-state index contributed by atoms with van der Waals surface area (Å²) in [6, 6.07) is 7.21. The molecule has 0 unspecified atom stereocenters. The first-order valence-electron chi connectivity index (χ1n) is 7.68. The molecule has 3 aromatic rings. The van der Waals surface area contributed by atoms with E-state index >= 15 is 0 Å². The second-order valence-corrected chi connectivity index (χ2v) is 5.80. The highest BCUT2D eigenvalue weighted by atomic mass is 19.1. The molecular weight excluding hydrogens is 328 g/mol. The van der Waals surface area contributed by atoms with Crippen LogP contribution in [0.25, 0.3) is 22.5 Å². The van der Waals surface area contributed by atoms with Gasteiger partial charge in [-0.25, -0.2) is 8.78 Å². The third-order valence-corrected chi connectivity index (χ3v) is 4.19. The van der Waals surface area contributed by atoms with Gasteiger partial charge in [0.25, 0.3) is 5.91 Å². The Morgan fingerprint density at radius 1 is 1.08 bits per heavy atom. The molecule has 0 saturated heterocycles. The van der Waals surface area contributed by atoms with Crippen molar-refractivity contribution < 1.29 is 18.7 Å². The van der Waals surface area contributed by atoms with Gasteiger partial charge in [0.15, 0.2) is 17.4 Å². The van der Waals surface area contributed by atoms with E-state index in [-0.39, 0.29) is 11.5 Å². The van der Waals surface area contributed by atoms with Crippen LogP contribution >= 0.6 is 0 Å². The first-order valence-corrected chi connectivity index (χ1v) is 7.68. The Balaban J connectivity index is 1.77. The highest BCUT2D eigenvalue weighted by Crippen LogP contribution is 2.30. The summed E-state index contributed by atoms with van der Waals surface area (Å²) in [5.74, 6) is -3.23. The maximum Gasteiger partial charge on any atom is 0.253 e. The van der Waals surface area contributed by atoms with Gasteiger partial charge in [0, 0.05) is 41.7 Å². The van der Waals surface area contributed by atoms with E-state index in [1.165, 1.54) is 6.20 Å². The SMILES string of the molecule is O=C1NCCc2[nH]c(-c3ccnc(-c4cc(F)c(O)c(F)c4)c3)cc21. The summed E-state index contributed by atoms with van der Waals surface area (Å²) in [5.41, 5.74) is 3.49. The number of rotatable bonds is 2. The van der Waals surface area contributed by atoms with E-state index in [0.29, 0.717) is 24.2 Å². The standard InChI is InChI=1S/C18H13F2N3O2/c19-12-5-10(6-13(20)17(12)24)15-7-9(1-3-21-15)16-8-11-14(23-16)2-4-22-18(11)25/h1,3,5-8,23-24H,2,4H2,(H,22,25). The first-order chi connectivity index (χ1) is 12.0. The number of carbonyl (C=O) groups is 1. The Morgan fingerprint density at radius 3 is 2.56 bits per heavy atom. The second kappa shape index (κ2) is 5.70. The van der Waals surface area contributed by atoms with Crippen LogP contribution in [0.1, 0.15) is 16.1 Å². The molecule has 0 radical (unpaired) electrons. The van der Waals surface area contributed by atoms with Crippen molar-refractivity contribution in [3.63, 3.8) is 0 Å². The minimum atomic E-state index is -1.05. The first kappa shape index (κ1) is 15.3. The number of halogens is 2. The summed E-state index contributed by atoms with van der Waals surface area (Å²) in [6.07, 6.45) is 2.24. The molecule has 0 spiro atoms. The molecular formula is C18H13F2N3O2. The van der Waals surface area contributed by atoms with Gasteiger partial charge < -0.3 is 15.4 Å². The molecule has 0 fully saturated rings. The van der Waals surface area contributed by atoms with Crippen molar-refractivity contribution in [1.29, 1.82) is 0 Å². The fourth-order valence-electron chi connectivity index (χ4n) is 2.92. The van der Waals surface area contributed by atoms with Gasteiger partial charge in [-0.05, 0) is 30.3 Å². The van der Waals surface area contributed by atoms with Gasteiger partial charge in [0.2, 0.25) is 0 Å². The minimum absolute atomic E-state index is 0.124. The van der Waals surface area contributed by atoms with E-state index < -0.39 is 17.4 Å². The molecule has 0 aliphatic carbocycles. The molecule has 1 amide bonds. The van der Waals surface area contributed by atoms with Crippen LogP contribution in [0.5, 0.6) is 5.75 Å². The topological polar surface area (TPSA) is 78.0 Å². The summed E-state index contributed by atoms with van der Waals surface area (Å²) in [6.45, 7) is 0.583. The number of benzene rings is 1. The van der Waals surface area contributed by atoms with E-state index in [4.69, 9.17) is 0 Å². The number of fused-ring (bicyclic) bond motifs is 1.